The highest BCUT2D eigenvalue weighted by atomic mass is 35.5. The van der Waals surface area contributed by atoms with Gasteiger partial charge in [-0.05, 0) is 5.56 Å². The van der Waals surface area contributed by atoms with E-state index in [-0.39, 0.29) is 11.1 Å². The fourth-order valence-electron chi connectivity index (χ4n) is 1.70. The zero-order chi connectivity index (χ0) is 14.5. The van der Waals surface area contributed by atoms with Gasteiger partial charge in [0.15, 0.2) is 6.04 Å². The lowest BCUT2D eigenvalue weighted by atomic mass is 10.1. The van der Waals surface area contributed by atoms with Crippen LogP contribution in [0.5, 0.6) is 0 Å². The Bertz CT molecular complexity index is 586. The van der Waals surface area contributed by atoms with Crippen LogP contribution < -0.4 is 11.1 Å². The molecule has 0 saturated carbocycles. The van der Waals surface area contributed by atoms with Crippen molar-refractivity contribution in [2.75, 3.05) is 18.2 Å². The van der Waals surface area contributed by atoms with Gasteiger partial charge in [-0.25, -0.2) is 9.78 Å². The molecule has 0 bridgehead atoms. The van der Waals surface area contributed by atoms with E-state index in [0.29, 0.717) is 5.82 Å². The number of nitrogens with one attached hydrogen (secondary N) is 1. The molecule has 1 unspecified atom stereocenters. The van der Waals surface area contributed by atoms with E-state index in [1.165, 1.54) is 13.2 Å². The van der Waals surface area contributed by atoms with Gasteiger partial charge in [-0.3, -0.25) is 0 Å². The third kappa shape index (κ3) is 3.36. The third-order valence-corrected chi connectivity index (χ3v) is 2.77. The highest BCUT2D eigenvalue weighted by Gasteiger charge is 2.21. The number of hydrogen-bond donors (Lipinski definition) is 2. The van der Waals surface area contributed by atoms with Crippen LogP contribution in [0.3, 0.4) is 0 Å². The molecule has 0 aliphatic heterocycles. The molecule has 7 heteroatoms. The lowest BCUT2D eigenvalue weighted by Gasteiger charge is -2.17. The van der Waals surface area contributed by atoms with Crippen molar-refractivity contribution in [3.63, 3.8) is 0 Å². The number of methoxy groups -OCH3 is 1. The Kier molecular flexibility index (Phi) is 4.37. The van der Waals surface area contributed by atoms with Crippen LogP contribution in [0.15, 0.2) is 36.4 Å². The summed E-state index contributed by atoms with van der Waals surface area (Å²) in [4.78, 5) is 19.6. The minimum Gasteiger partial charge on any atom is -0.467 e. The van der Waals surface area contributed by atoms with Crippen LogP contribution in [0.25, 0.3) is 0 Å². The second-order valence-electron chi connectivity index (χ2n) is 3.95. The number of nitrogen functional groups attached to an aromatic ring is 1. The molecular formula is C13H13ClN4O2. The minimum absolute atomic E-state index is 0.0247. The first-order valence-corrected chi connectivity index (χ1v) is 6.17. The molecule has 0 aliphatic rings. The monoisotopic (exact) mass is 292 g/mol. The third-order valence-electron chi connectivity index (χ3n) is 2.57. The second-order valence-corrected chi connectivity index (χ2v) is 4.33. The summed E-state index contributed by atoms with van der Waals surface area (Å²) >= 11 is 5.81. The predicted molar refractivity (Wildman–Crippen MR) is 76.3 cm³/mol. The Balaban J connectivity index is 2.31. The fraction of sp³-hybridized carbons (Fsp3) is 0.154. The largest absolute Gasteiger partial charge is 0.467 e. The van der Waals surface area contributed by atoms with Gasteiger partial charge in [-0.15, -0.1) is 0 Å². The highest BCUT2D eigenvalue weighted by molar-refractivity contribution is 6.29. The average molecular weight is 293 g/mol. The van der Waals surface area contributed by atoms with Gasteiger partial charge in [0, 0.05) is 6.07 Å². The van der Waals surface area contributed by atoms with Crippen molar-refractivity contribution in [2.24, 2.45) is 0 Å². The number of carbonyl (C=O) groups excluding carboxylic acids is 1. The quantitative estimate of drug-likeness (QED) is 0.662. The normalized spacial score (nSPS) is 11.7. The van der Waals surface area contributed by atoms with Crippen molar-refractivity contribution in [3.8, 4) is 0 Å². The number of hydrogen-bond acceptors (Lipinski definition) is 6. The number of esters is 1. The van der Waals surface area contributed by atoms with Crippen molar-refractivity contribution in [2.45, 2.75) is 6.04 Å². The number of nitrogens with two attached hydrogens (primary N) is 1. The minimum atomic E-state index is -0.702. The highest BCUT2D eigenvalue weighted by Crippen LogP contribution is 2.21. The van der Waals surface area contributed by atoms with Gasteiger partial charge in [0.1, 0.15) is 11.0 Å². The predicted octanol–water partition coefficient (Wildman–Crippen LogP) is 2.04. The Morgan fingerprint density at radius 3 is 2.65 bits per heavy atom. The molecule has 0 fully saturated rings. The van der Waals surface area contributed by atoms with Crippen LogP contribution in [0.1, 0.15) is 11.6 Å². The number of benzene rings is 1. The summed E-state index contributed by atoms with van der Waals surface area (Å²) in [6.07, 6.45) is 0. The molecule has 2 rings (SSSR count). The maximum absolute atomic E-state index is 11.9. The van der Waals surface area contributed by atoms with Crippen LogP contribution in [0.4, 0.5) is 11.8 Å². The van der Waals surface area contributed by atoms with Crippen LogP contribution in [-0.2, 0) is 9.53 Å². The first-order valence-electron chi connectivity index (χ1n) is 5.79. The number of halogens is 1. The summed E-state index contributed by atoms with van der Waals surface area (Å²) in [6.45, 7) is 0. The van der Waals surface area contributed by atoms with Crippen LogP contribution >= 0.6 is 11.6 Å². The summed E-state index contributed by atoms with van der Waals surface area (Å²) in [5, 5.41) is 3.13. The van der Waals surface area contributed by atoms with Gasteiger partial charge in [0.25, 0.3) is 0 Å². The lowest BCUT2D eigenvalue weighted by molar-refractivity contribution is -0.141. The zero-order valence-corrected chi connectivity index (χ0v) is 11.5. The smallest absolute Gasteiger partial charge is 0.333 e. The van der Waals surface area contributed by atoms with Crippen LogP contribution in [0, 0.1) is 0 Å². The maximum Gasteiger partial charge on any atom is 0.333 e. The van der Waals surface area contributed by atoms with Crippen molar-refractivity contribution >= 4 is 29.3 Å². The summed E-state index contributed by atoms with van der Waals surface area (Å²) in [5.41, 5.74) is 6.26. The molecule has 1 aromatic heterocycles. The van der Waals surface area contributed by atoms with Crippen LogP contribution in [-0.4, -0.2) is 23.0 Å². The lowest BCUT2D eigenvalue weighted by Crippen LogP contribution is -2.23. The molecule has 1 aromatic carbocycles. The van der Waals surface area contributed by atoms with Gasteiger partial charge in [-0.2, -0.15) is 4.98 Å². The Labute approximate surface area is 120 Å². The van der Waals surface area contributed by atoms with E-state index < -0.39 is 12.0 Å². The van der Waals surface area contributed by atoms with Crippen molar-refractivity contribution < 1.29 is 9.53 Å². The standard InChI is InChI=1S/C13H13ClN4O2/c1-20-12(19)11(8-5-3-2-4-6-8)17-10-7-9(14)16-13(15)18-10/h2-7,11H,1H3,(H3,15,16,17,18). The molecule has 1 atom stereocenters. The SMILES string of the molecule is COC(=O)C(Nc1cc(Cl)nc(N)n1)c1ccccc1. The van der Waals surface area contributed by atoms with Gasteiger partial charge < -0.3 is 15.8 Å². The van der Waals surface area contributed by atoms with Crippen molar-refractivity contribution in [1.29, 1.82) is 0 Å². The molecule has 104 valence electrons. The number of carbonyl (C=O) groups is 1. The van der Waals surface area contributed by atoms with E-state index in [2.05, 4.69) is 15.3 Å². The van der Waals surface area contributed by atoms with Gasteiger partial charge in [0.05, 0.1) is 7.11 Å². The van der Waals surface area contributed by atoms with Gasteiger partial charge in [-0.1, -0.05) is 41.9 Å². The molecule has 0 amide bonds. The number of rotatable bonds is 4. The Morgan fingerprint density at radius 1 is 1.35 bits per heavy atom. The molecule has 2 aromatic rings. The first kappa shape index (κ1) is 14.1. The number of anilines is 2. The molecule has 6 nitrogen and oxygen atoms in total. The number of ether oxygens (including phenoxy) is 1. The van der Waals surface area contributed by atoms with E-state index >= 15 is 0 Å². The average Bonchev–Trinajstić information content (AvgIpc) is 2.44. The fourth-order valence-corrected chi connectivity index (χ4v) is 1.89. The maximum atomic E-state index is 11.9. The Hall–Kier alpha value is -2.34. The second kappa shape index (κ2) is 6.21. The van der Waals surface area contributed by atoms with Crippen LogP contribution in [0.2, 0.25) is 5.15 Å². The Morgan fingerprint density at radius 2 is 2.05 bits per heavy atom. The number of nitrogens with zero attached hydrogens (tertiary/aromatic N) is 2. The van der Waals surface area contributed by atoms with Gasteiger partial charge in [0.2, 0.25) is 5.95 Å². The van der Waals surface area contributed by atoms with E-state index in [4.69, 9.17) is 22.1 Å². The van der Waals surface area contributed by atoms with E-state index in [1.54, 1.807) is 12.1 Å². The van der Waals surface area contributed by atoms with E-state index in [0.717, 1.165) is 5.56 Å². The molecule has 0 aliphatic carbocycles. The summed E-state index contributed by atoms with van der Waals surface area (Å²) in [5.74, 6) is -0.0667. The summed E-state index contributed by atoms with van der Waals surface area (Å²) < 4.78 is 4.79. The number of aromatic nitrogens is 2. The molecule has 0 radical (unpaired) electrons. The molecule has 20 heavy (non-hydrogen) atoms. The van der Waals surface area contributed by atoms with E-state index in [9.17, 15) is 4.79 Å². The molecule has 0 spiro atoms. The first-order chi connectivity index (χ1) is 9.60. The van der Waals surface area contributed by atoms with Crippen molar-refractivity contribution in [3.05, 3.63) is 47.1 Å². The molecule has 3 N–H and O–H groups in total. The molecule has 1 heterocycles. The topological polar surface area (TPSA) is 90.1 Å². The molecular weight excluding hydrogens is 280 g/mol. The summed E-state index contributed by atoms with van der Waals surface area (Å²) in [7, 11) is 1.32. The molecule has 0 saturated heterocycles. The van der Waals surface area contributed by atoms with E-state index in [1.807, 2.05) is 18.2 Å². The summed E-state index contributed by atoms with van der Waals surface area (Å²) in [6, 6.07) is 9.91. The van der Waals surface area contributed by atoms with Crippen molar-refractivity contribution in [1.82, 2.24) is 9.97 Å². The zero-order valence-electron chi connectivity index (χ0n) is 10.7. The van der Waals surface area contributed by atoms with Gasteiger partial charge >= 0.3 is 5.97 Å².